The van der Waals surface area contributed by atoms with Gasteiger partial charge in [0.05, 0.1) is 17.7 Å². The van der Waals surface area contributed by atoms with Crippen LogP contribution in [0.15, 0.2) is 54.6 Å². The summed E-state index contributed by atoms with van der Waals surface area (Å²) in [6.45, 7) is 1.87. The van der Waals surface area contributed by atoms with E-state index in [2.05, 4.69) is 29.2 Å². The molecular weight excluding hydrogens is 482 g/mol. The number of hydrogen-bond acceptors (Lipinski definition) is 6. The maximum absolute atomic E-state index is 12.8. The Balaban J connectivity index is 1.20. The number of esters is 1. The van der Waals surface area contributed by atoms with Crippen molar-refractivity contribution in [1.82, 2.24) is 4.98 Å². The number of carbonyl (C=O) groups is 3. The van der Waals surface area contributed by atoms with Gasteiger partial charge in [-0.15, -0.1) is 11.3 Å². The summed E-state index contributed by atoms with van der Waals surface area (Å²) in [6.07, 6.45) is 6.51. The van der Waals surface area contributed by atoms with Crippen molar-refractivity contribution in [1.29, 1.82) is 0 Å². The van der Waals surface area contributed by atoms with Crippen LogP contribution in [0.25, 0.3) is 10.6 Å². The number of Topliss-reactive ketones (excluding diaryl/α,β-unsaturated/α-hetero) is 2. The van der Waals surface area contributed by atoms with Crippen molar-refractivity contribution < 1.29 is 19.1 Å². The van der Waals surface area contributed by atoms with Gasteiger partial charge in [-0.1, -0.05) is 54.6 Å². The molecule has 0 aliphatic heterocycles. The minimum atomic E-state index is -0.113. The van der Waals surface area contributed by atoms with Crippen LogP contribution in [-0.4, -0.2) is 29.6 Å². The van der Waals surface area contributed by atoms with Gasteiger partial charge < -0.3 is 4.74 Å². The third kappa shape index (κ3) is 7.45. The van der Waals surface area contributed by atoms with Gasteiger partial charge >= 0.3 is 5.97 Å². The number of methoxy groups -OCH3 is 1. The Bertz CT molecular complexity index is 1210. The zero-order chi connectivity index (χ0) is 26.2. The zero-order valence-electron chi connectivity index (χ0n) is 21.7. The standard InChI is InChI=1S/C31H35NO4S/c1-21-30(37-31(32-21)26-7-4-3-5-8-26)28(34)10-6-9-27(33)19-22-11-15-24(16-12-22)25-17-13-23(14-18-25)20-29(35)36-2/h3-5,7-8,11-12,15-16,23,25H,6,9-10,13-14,17-20H2,1-2H3. The Labute approximate surface area is 223 Å². The molecule has 0 spiro atoms. The van der Waals surface area contributed by atoms with E-state index in [1.54, 1.807) is 0 Å². The van der Waals surface area contributed by atoms with Crippen molar-refractivity contribution in [2.24, 2.45) is 5.92 Å². The largest absolute Gasteiger partial charge is 0.469 e. The summed E-state index contributed by atoms with van der Waals surface area (Å²) in [7, 11) is 1.45. The number of aryl methyl sites for hydroxylation is 1. The molecular formula is C31H35NO4S. The van der Waals surface area contributed by atoms with E-state index in [1.165, 1.54) is 24.0 Å². The molecule has 0 atom stereocenters. The lowest BCUT2D eigenvalue weighted by Gasteiger charge is -2.28. The average molecular weight is 518 g/mol. The highest BCUT2D eigenvalue weighted by molar-refractivity contribution is 7.17. The molecule has 4 rings (SSSR count). The summed E-state index contributed by atoms with van der Waals surface area (Å²) < 4.78 is 4.80. The lowest BCUT2D eigenvalue weighted by molar-refractivity contribution is -0.142. The molecule has 3 aromatic rings. The van der Waals surface area contributed by atoms with Crippen LogP contribution < -0.4 is 0 Å². The van der Waals surface area contributed by atoms with Crippen LogP contribution in [0.1, 0.15) is 83.8 Å². The van der Waals surface area contributed by atoms with Gasteiger partial charge in [0.25, 0.3) is 0 Å². The monoisotopic (exact) mass is 517 g/mol. The fourth-order valence-electron chi connectivity index (χ4n) is 5.16. The number of benzene rings is 2. The highest BCUT2D eigenvalue weighted by Gasteiger charge is 2.24. The number of nitrogens with zero attached hydrogens (tertiary/aromatic N) is 1. The van der Waals surface area contributed by atoms with E-state index in [1.807, 2.05) is 37.3 Å². The fraction of sp³-hybridized carbons (Fsp3) is 0.419. The van der Waals surface area contributed by atoms with Crippen molar-refractivity contribution in [3.8, 4) is 10.6 Å². The van der Waals surface area contributed by atoms with E-state index < -0.39 is 0 Å². The first-order valence-corrected chi connectivity index (χ1v) is 14.0. The van der Waals surface area contributed by atoms with E-state index in [0.29, 0.717) is 48.8 Å². The van der Waals surface area contributed by atoms with Crippen LogP contribution in [0.3, 0.4) is 0 Å². The number of hydrogen-bond donors (Lipinski definition) is 0. The highest BCUT2D eigenvalue weighted by Crippen LogP contribution is 2.37. The Morgan fingerprint density at radius 2 is 1.65 bits per heavy atom. The third-order valence-electron chi connectivity index (χ3n) is 7.31. The first kappa shape index (κ1) is 26.9. The Hall–Kier alpha value is -3.12. The van der Waals surface area contributed by atoms with E-state index in [9.17, 15) is 14.4 Å². The molecule has 1 fully saturated rings. The molecule has 0 bridgehead atoms. The van der Waals surface area contributed by atoms with Crippen molar-refractivity contribution in [2.75, 3.05) is 7.11 Å². The normalized spacial score (nSPS) is 17.4. The topological polar surface area (TPSA) is 73.3 Å². The molecule has 5 nitrogen and oxygen atoms in total. The van der Waals surface area contributed by atoms with Crippen LogP contribution in [0.5, 0.6) is 0 Å². The zero-order valence-corrected chi connectivity index (χ0v) is 22.5. The molecule has 0 amide bonds. The van der Waals surface area contributed by atoms with Crippen molar-refractivity contribution in [3.63, 3.8) is 0 Å². The summed E-state index contributed by atoms with van der Waals surface area (Å²) in [6, 6.07) is 18.3. The molecule has 0 unspecified atom stereocenters. The molecule has 2 aromatic carbocycles. The molecule has 194 valence electrons. The SMILES string of the molecule is COC(=O)CC1CCC(c2ccc(CC(=O)CCCC(=O)c3sc(-c4ccccc4)nc3C)cc2)CC1. The first-order valence-electron chi connectivity index (χ1n) is 13.2. The van der Waals surface area contributed by atoms with E-state index in [-0.39, 0.29) is 17.5 Å². The smallest absolute Gasteiger partial charge is 0.305 e. The van der Waals surface area contributed by atoms with Gasteiger partial charge in [0, 0.05) is 31.2 Å². The molecule has 0 N–H and O–H groups in total. The molecule has 1 saturated carbocycles. The summed E-state index contributed by atoms with van der Waals surface area (Å²) in [5.74, 6) is 1.06. The molecule has 1 heterocycles. The van der Waals surface area contributed by atoms with Gasteiger partial charge in [0.1, 0.15) is 10.8 Å². The van der Waals surface area contributed by atoms with Gasteiger partial charge in [-0.05, 0) is 62.0 Å². The van der Waals surface area contributed by atoms with Crippen LogP contribution in [0, 0.1) is 12.8 Å². The van der Waals surface area contributed by atoms with Crippen molar-refractivity contribution in [2.45, 2.75) is 70.6 Å². The van der Waals surface area contributed by atoms with Gasteiger partial charge in [0.2, 0.25) is 0 Å². The molecule has 1 aromatic heterocycles. The molecule has 37 heavy (non-hydrogen) atoms. The lowest BCUT2D eigenvalue weighted by atomic mass is 9.77. The highest BCUT2D eigenvalue weighted by atomic mass is 32.1. The second kappa shape index (κ2) is 12.9. The van der Waals surface area contributed by atoms with Crippen LogP contribution in [-0.2, 0) is 20.7 Å². The van der Waals surface area contributed by atoms with Crippen LogP contribution in [0.4, 0.5) is 0 Å². The first-order chi connectivity index (χ1) is 17.9. The number of carbonyl (C=O) groups excluding carboxylic acids is 3. The summed E-state index contributed by atoms with van der Waals surface area (Å²) in [5.41, 5.74) is 4.11. The quantitative estimate of drug-likeness (QED) is 0.200. The van der Waals surface area contributed by atoms with Gasteiger partial charge in [-0.3, -0.25) is 14.4 Å². The number of ketones is 2. The third-order valence-corrected chi connectivity index (χ3v) is 8.56. The fourth-order valence-corrected chi connectivity index (χ4v) is 6.20. The number of rotatable bonds is 11. The van der Waals surface area contributed by atoms with Gasteiger partial charge in [-0.25, -0.2) is 4.98 Å². The van der Waals surface area contributed by atoms with Crippen LogP contribution in [0.2, 0.25) is 0 Å². The Morgan fingerprint density at radius 1 is 0.946 bits per heavy atom. The summed E-state index contributed by atoms with van der Waals surface area (Å²) in [4.78, 5) is 42.1. The van der Waals surface area contributed by atoms with Crippen molar-refractivity contribution in [3.05, 3.63) is 76.3 Å². The Kier molecular flexibility index (Phi) is 9.40. The second-order valence-electron chi connectivity index (χ2n) is 10.0. The minimum absolute atomic E-state index is 0.0654. The predicted octanol–water partition coefficient (Wildman–Crippen LogP) is 7.12. The minimum Gasteiger partial charge on any atom is -0.469 e. The van der Waals surface area contributed by atoms with E-state index >= 15 is 0 Å². The number of thiazole rings is 1. The molecule has 0 saturated heterocycles. The maximum atomic E-state index is 12.8. The molecule has 0 radical (unpaired) electrons. The number of ether oxygens (including phenoxy) is 1. The Morgan fingerprint density at radius 3 is 2.32 bits per heavy atom. The van der Waals surface area contributed by atoms with E-state index in [0.717, 1.165) is 47.5 Å². The van der Waals surface area contributed by atoms with Crippen LogP contribution >= 0.6 is 11.3 Å². The lowest BCUT2D eigenvalue weighted by Crippen LogP contribution is -2.17. The number of aromatic nitrogens is 1. The summed E-state index contributed by atoms with van der Waals surface area (Å²) >= 11 is 1.43. The van der Waals surface area contributed by atoms with Gasteiger partial charge in [-0.2, -0.15) is 0 Å². The van der Waals surface area contributed by atoms with Gasteiger partial charge in [0.15, 0.2) is 5.78 Å². The summed E-state index contributed by atoms with van der Waals surface area (Å²) in [5, 5.41) is 0.857. The molecule has 1 aliphatic rings. The van der Waals surface area contributed by atoms with E-state index in [4.69, 9.17) is 4.74 Å². The molecule has 6 heteroatoms. The maximum Gasteiger partial charge on any atom is 0.305 e. The second-order valence-corrected chi connectivity index (χ2v) is 11.0. The average Bonchev–Trinajstić information content (AvgIpc) is 3.31. The van der Waals surface area contributed by atoms with Crippen molar-refractivity contribution >= 4 is 28.9 Å². The predicted molar refractivity (Wildman–Crippen MR) is 147 cm³/mol. The molecule has 1 aliphatic carbocycles.